The minimum atomic E-state index is -0.843. The number of hydrogen-bond donors (Lipinski definition) is 1. The molecule has 7 heteroatoms. The predicted molar refractivity (Wildman–Crippen MR) is 98.4 cm³/mol. The number of likely N-dealkylation sites (tertiary alicyclic amines) is 1. The number of piperidine rings is 1. The van der Waals surface area contributed by atoms with Crippen LogP contribution < -0.4 is 4.74 Å². The van der Waals surface area contributed by atoms with Gasteiger partial charge in [0.25, 0.3) is 5.91 Å². The Labute approximate surface area is 156 Å². The third kappa shape index (κ3) is 4.40. The lowest BCUT2D eigenvalue weighted by atomic mass is 9.90. The lowest BCUT2D eigenvalue weighted by molar-refractivity contribution is -0.143. The number of carbonyl (C=O) groups is 2. The highest BCUT2D eigenvalue weighted by molar-refractivity contribution is 7.09. The Balaban J connectivity index is 1.68. The molecule has 1 aromatic heterocycles. The Morgan fingerprint density at radius 3 is 2.88 bits per heavy atom. The number of rotatable bonds is 5. The van der Waals surface area contributed by atoms with Crippen LogP contribution in [0.25, 0.3) is 0 Å². The van der Waals surface area contributed by atoms with Gasteiger partial charge in [-0.05, 0) is 37.5 Å². The number of ether oxygens (including phenoxy) is 1. The van der Waals surface area contributed by atoms with Crippen molar-refractivity contribution in [1.29, 1.82) is 0 Å². The Hall–Kier alpha value is -2.41. The van der Waals surface area contributed by atoms with Gasteiger partial charge in [-0.1, -0.05) is 13.0 Å². The molecule has 2 aromatic rings. The minimum Gasteiger partial charge on any atom is -0.487 e. The number of carbonyl (C=O) groups excluding carboxylic acids is 1. The second kappa shape index (κ2) is 7.86. The van der Waals surface area contributed by atoms with Crippen molar-refractivity contribution in [2.45, 2.75) is 26.9 Å². The number of nitrogens with zero attached hydrogens (tertiary/aromatic N) is 2. The number of carboxylic acids is 1. The van der Waals surface area contributed by atoms with Gasteiger partial charge in [-0.25, -0.2) is 4.98 Å². The van der Waals surface area contributed by atoms with Crippen molar-refractivity contribution >= 4 is 23.2 Å². The van der Waals surface area contributed by atoms with Gasteiger partial charge in [0, 0.05) is 24.0 Å². The molecule has 1 aromatic carbocycles. The molecule has 6 nitrogen and oxygen atoms in total. The maximum absolute atomic E-state index is 12.8. The smallest absolute Gasteiger partial charge is 0.308 e. The second-order valence-electron chi connectivity index (χ2n) is 6.76. The molecule has 1 fully saturated rings. The molecule has 0 spiro atoms. The van der Waals surface area contributed by atoms with Gasteiger partial charge in [0.05, 0.1) is 16.6 Å². The summed E-state index contributed by atoms with van der Waals surface area (Å²) >= 11 is 1.57. The zero-order chi connectivity index (χ0) is 18.7. The van der Waals surface area contributed by atoms with Crippen molar-refractivity contribution in [3.63, 3.8) is 0 Å². The Morgan fingerprint density at radius 2 is 2.19 bits per heavy atom. The van der Waals surface area contributed by atoms with E-state index < -0.39 is 11.9 Å². The molecule has 26 heavy (non-hydrogen) atoms. The van der Waals surface area contributed by atoms with Gasteiger partial charge in [-0.15, -0.1) is 11.3 Å². The monoisotopic (exact) mass is 374 g/mol. The first kappa shape index (κ1) is 18.4. The quantitative estimate of drug-likeness (QED) is 0.869. The topological polar surface area (TPSA) is 79.7 Å². The highest BCUT2D eigenvalue weighted by Gasteiger charge is 2.32. The van der Waals surface area contributed by atoms with Crippen molar-refractivity contribution < 1.29 is 19.4 Å². The molecular formula is C19H22N2O4S. The largest absolute Gasteiger partial charge is 0.487 e. The van der Waals surface area contributed by atoms with E-state index >= 15 is 0 Å². The fraction of sp³-hybridized carbons (Fsp3) is 0.421. The number of carboxylic acid groups (broad SMARTS) is 1. The van der Waals surface area contributed by atoms with E-state index in [1.807, 2.05) is 19.2 Å². The maximum atomic E-state index is 12.8. The highest BCUT2D eigenvalue weighted by Crippen LogP contribution is 2.24. The number of aryl methyl sites for hydroxylation is 1. The van der Waals surface area contributed by atoms with Crippen LogP contribution in [-0.2, 0) is 11.4 Å². The summed E-state index contributed by atoms with van der Waals surface area (Å²) in [5.74, 6) is -0.736. The molecule has 2 atom stereocenters. The first-order chi connectivity index (χ1) is 12.4. The van der Waals surface area contributed by atoms with Crippen LogP contribution in [0.2, 0.25) is 0 Å². The fourth-order valence-electron chi connectivity index (χ4n) is 3.23. The summed E-state index contributed by atoms with van der Waals surface area (Å²) in [6.45, 7) is 5.10. The van der Waals surface area contributed by atoms with Crippen molar-refractivity contribution in [2.75, 3.05) is 13.1 Å². The molecule has 0 bridgehead atoms. The molecule has 1 amide bonds. The van der Waals surface area contributed by atoms with Crippen LogP contribution in [0.3, 0.4) is 0 Å². The Morgan fingerprint density at radius 1 is 1.38 bits per heavy atom. The standard InChI is InChI=1S/C19H22N2O4S/c1-12-6-15(19(23)24)9-21(8-12)18(22)14-4-3-5-17(7-14)25-10-16-11-26-13(2)20-16/h3-5,7,11-12,15H,6,8-10H2,1-2H3,(H,23,24). The van der Waals surface area contributed by atoms with Crippen LogP contribution >= 0.6 is 11.3 Å². The van der Waals surface area contributed by atoms with Crippen LogP contribution in [0.5, 0.6) is 5.75 Å². The molecule has 0 aliphatic carbocycles. The van der Waals surface area contributed by atoms with Crippen molar-refractivity contribution in [2.24, 2.45) is 11.8 Å². The normalized spacial score (nSPS) is 20.0. The van der Waals surface area contributed by atoms with E-state index in [-0.39, 0.29) is 18.4 Å². The summed E-state index contributed by atoms with van der Waals surface area (Å²) in [4.78, 5) is 30.1. The molecule has 1 aliphatic rings. The summed E-state index contributed by atoms with van der Waals surface area (Å²) in [6, 6.07) is 7.01. The number of amides is 1. The third-order valence-corrected chi connectivity index (χ3v) is 5.25. The Bertz CT molecular complexity index is 804. The van der Waals surface area contributed by atoms with Gasteiger partial charge >= 0.3 is 5.97 Å². The summed E-state index contributed by atoms with van der Waals surface area (Å²) < 4.78 is 5.74. The van der Waals surface area contributed by atoms with Gasteiger partial charge in [0.15, 0.2) is 0 Å². The van der Waals surface area contributed by atoms with Gasteiger partial charge in [-0.2, -0.15) is 0 Å². The van der Waals surface area contributed by atoms with Gasteiger partial charge in [0.2, 0.25) is 0 Å². The molecule has 0 radical (unpaired) electrons. The molecular weight excluding hydrogens is 352 g/mol. The predicted octanol–water partition coefficient (Wildman–Crippen LogP) is 3.21. The average molecular weight is 374 g/mol. The summed E-state index contributed by atoms with van der Waals surface area (Å²) in [5.41, 5.74) is 1.37. The maximum Gasteiger partial charge on any atom is 0.308 e. The summed E-state index contributed by atoms with van der Waals surface area (Å²) in [5, 5.41) is 12.2. The van der Waals surface area contributed by atoms with E-state index in [0.717, 1.165) is 10.7 Å². The highest BCUT2D eigenvalue weighted by atomic mass is 32.1. The molecule has 3 rings (SSSR count). The molecule has 2 unspecified atom stereocenters. The van der Waals surface area contributed by atoms with Gasteiger partial charge < -0.3 is 14.7 Å². The van der Waals surface area contributed by atoms with Crippen molar-refractivity contribution in [1.82, 2.24) is 9.88 Å². The summed E-state index contributed by atoms with van der Waals surface area (Å²) in [7, 11) is 0. The van der Waals surface area contributed by atoms with Gasteiger partial charge in [0.1, 0.15) is 12.4 Å². The van der Waals surface area contributed by atoms with E-state index in [1.165, 1.54) is 0 Å². The van der Waals surface area contributed by atoms with Crippen molar-refractivity contribution in [3.05, 3.63) is 45.9 Å². The zero-order valence-corrected chi connectivity index (χ0v) is 15.7. The SMILES string of the molecule is Cc1nc(COc2cccc(C(=O)N3CC(C)CC(C(=O)O)C3)c2)cs1. The molecule has 0 saturated carbocycles. The molecule has 2 heterocycles. The van der Waals surface area contributed by atoms with Crippen LogP contribution in [0.4, 0.5) is 0 Å². The fourth-order valence-corrected chi connectivity index (χ4v) is 3.83. The van der Waals surface area contributed by atoms with Crippen LogP contribution in [-0.4, -0.2) is 40.0 Å². The van der Waals surface area contributed by atoms with Crippen LogP contribution in [0.1, 0.15) is 34.4 Å². The van der Waals surface area contributed by atoms with E-state index in [4.69, 9.17) is 4.74 Å². The van der Waals surface area contributed by atoms with Crippen LogP contribution in [0, 0.1) is 18.8 Å². The van der Waals surface area contributed by atoms with Crippen LogP contribution in [0.15, 0.2) is 29.6 Å². The van der Waals surface area contributed by atoms with E-state index in [2.05, 4.69) is 4.98 Å². The van der Waals surface area contributed by atoms with E-state index in [0.29, 0.717) is 30.9 Å². The number of benzene rings is 1. The number of aliphatic carboxylic acids is 1. The lowest BCUT2D eigenvalue weighted by Gasteiger charge is -2.34. The average Bonchev–Trinajstić information content (AvgIpc) is 3.04. The summed E-state index contributed by atoms with van der Waals surface area (Å²) in [6.07, 6.45) is 0.606. The lowest BCUT2D eigenvalue weighted by Crippen LogP contribution is -2.45. The molecule has 138 valence electrons. The number of thiazole rings is 1. The molecule has 1 saturated heterocycles. The number of aromatic nitrogens is 1. The van der Waals surface area contributed by atoms with Crippen molar-refractivity contribution in [3.8, 4) is 5.75 Å². The van der Waals surface area contributed by atoms with Gasteiger partial charge in [-0.3, -0.25) is 9.59 Å². The molecule has 1 N–H and O–H groups in total. The number of hydrogen-bond acceptors (Lipinski definition) is 5. The van der Waals surface area contributed by atoms with E-state index in [9.17, 15) is 14.7 Å². The second-order valence-corrected chi connectivity index (χ2v) is 7.82. The van der Waals surface area contributed by atoms with E-state index in [1.54, 1.807) is 40.5 Å². The molecule has 1 aliphatic heterocycles. The zero-order valence-electron chi connectivity index (χ0n) is 14.8. The first-order valence-electron chi connectivity index (χ1n) is 8.58. The minimum absolute atomic E-state index is 0.155. The Kier molecular flexibility index (Phi) is 5.56. The third-order valence-electron chi connectivity index (χ3n) is 4.43. The first-order valence-corrected chi connectivity index (χ1v) is 9.46.